The topological polar surface area (TPSA) is 60.7 Å². The number of ketones is 1. The summed E-state index contributed by atoms with van der Waals surface area (Å²) in [6.07, 6.45) is 5.64. The van der Waals surface area contributed by atoms with E-state index in [-0.39, 0.29) is 16.9 Å². The Bertz CT molecular complexity index is 922. The molecule has 2 heterocycles. The van der Waals surface area contributed by atoms with E-state index in [4.69, 9.17) is 0 Å². The summed E-state index contributed by atoms with van der Waals surface area (Å²) in [5.41, 5.74) is 1.46. The number of carbonyl (C=O) groups excluding carboxylic acids is 1. The first-order chi connectivity index (χ1) is 12.6. The van der Waals surface area contributed by atoms with Gasteiger partial charge in [0.15, 0.2) is 16.8 Å². The number of nitrogens with zero attached hydrogens (tertiary/aromatic N) is 4. The third-order valence-corrected chi connectivity index (χ3v) is 5.35. The lowest BCUT2D eigenvalue weighted by Crippen LogP contribution is -2.14. The Balaban J connectivity index is 1.59. The number of benzene rings is 1. The molecule has 1 aliphatic rings. The predicted molar refractivity (Wildman–Crippen MR) is 97.6 cm³/mol. The molecular weight excluding hydrogens is 351 g/mol. The third kappa shape index (κ3) is 3.39. The van der Waals surface area contributed by atoms with Crippen molar-refractivity contribution < 1.29 is 9.18 Å². The molecule has 0 spiro atoms. The van der Waals surface area contributed by atoms with Gasteiger partial charge >= 0.3 is 0 Å². The number of hydrogen-bond acceptors (Lipinski definition) is 5. The maximum absolute atomic E-state index is 13.1. The average Bonchev–Trinajstić information content (AvgIpc) is 3.42. The smallest absolute Gasteiger partial charge is 0.192 e. The van der Waals surface area contributed by atoms with Crippen LogP contribution in [-0.4, -0.2) is 30.8 Å². The number of aromatic nitrogens is 4. The van der Waals surface area contributed by atoms with E-state index < -0.39 is 0 Å². The average molecular weight is 368 g/mol. The molecule has 2 aromatic heterocycles. The molecule has 1 saturated carbocycles. The Morgan fingerprint density at radius 2 is 1.85 bits per heavy atom. The van der Waals surface area contributed by atoms with Gasteiger partial charge in [-0.2, -0.15) is 0 Å². The van der Waals surface area contributed by atoms with Crippen molar-refractivity contribution in [3.05, 3.63) is 60.2 Å². The summed E-state index contributed by atoms with van der Waals surface area (Å²) in [5.74, 6) is 0.405. The monoisotopic (exact) mass is 368 g/mol. The number of halogens is 1. The Labute approximate surface area is 154 Å². The van der Waals surface area contributed by atoms with Crippen molar-refractivity contribution in [3.8, 4) is 11.4 Å². The highest BCUT2D eigenvalue weighted by molar-refractivity contribution is 8.00. The first-order valence-corrected chi connectivity index (χ1v) is 9.33. The van der Waals surface area contributed by atoms with Crippen LogP contribution in [0.25, 0.3) is 11.4 Å². The van der Waals surface area contributed by atoms with Gasteiger partial charge in [0, 0.05) is 29.6 Å². The van der Waals surface area contributed by atoms with Crippen molar-refractivity contribution in [1.82, 2.24) is 19.7 Å². The molecule has 0 saturated heterocycles. The van der Waals surface area contributed by atoms with Gasteiger partial charge in [0.25, 0.3) is 0 Å². The van der Waals surface area contributed by atoms with Gasteiger partial charge in [-0.3, -0.25) is 14.3 Å². The molecule has 4 rings (SSSR count). The third-order valence-electron chi connectivity index (χ3n) is 4.30. The fraction of sp³-hybridized carbons (Fsp3) is 0.263. The summed E-state index contributed by atoms with van der Waals surface area (Å²) in [7, 11) is 0. The predicted octanol–water partition coefficient (Wildman–Crippen LogP) is 4.18. The van der Waals surface area contributed by atoms with Crippen LogP contribution in [0.3, 0.4) is 0 Å². The van der Waals surface area contributed by atoms with Crippen LogP contribution in [0.4, 0.5) is 4.39 Å². The first-order valence-electron chi connectivity index (χ1n) is 8.45. The molecule has 1 aliphatic carbocycles. The molecule has 0 bridgehead atoms. The van der Waals surface area contributed by atoms with Crippen molar-refractivity contribution >= 4 is 17.5 Å². The van der Waals surface area contributed by atoms with E-state index >= 15 is 0 Å². The molecule has 1 atom stereocenters. The molecule has 1 fully saturated rings. The summed E-state index contributed by atoms with van der Waals surface area (Å²) in [5, 5.41) is 9.07. The highest BCUT2D eigenvalue weighted by Crippen LogP contribution is 2.41. The van der Waals surface area contributed by atoms with E-state index in [9.17, 15) is 9.18 Å². The van der Waals surface area contributed by atoms with Gasteiger partial charge in [-0.15, -0.1) is 10.2 Å². The summed E-state index contributed by atoms with van der Waals surface area (Å²) < 4.78 is 15.2. The molecule has 0 N–H and O–H groups in total. The maximum atomic E-state index is 13.1. The zero-order valence-corrected chi connectivity index (χ0v) is 15.0. The molecule has 0 amide bonds. The van der Waals surface area contributed by atoms with E-state index in [0.29, 0.717) is 11.6 Å². The number of rotatable bonds is 6. The zero-order chi connectivity index (χ0) is 18.1. The fourth-order valence-corrected chi connectivity index (χ4v) is 3.77. The van der Waals surface area contributed by atoms with Crippen LogP contribution in [0.5, 0.6) is 0 Å². The lowest BCUT2D eigenvalue weighted by atomic mass is 10.1. The highest BCUT2D eigenvalue weighted by atomic mass is 32.2. The quantitative estimate of drug-likeness (QED) is 0.483. The lowest BCUT2D eigenvalue weighted by molar-refractivity contribution is 0.0994. The van der Waals surface area contributed by atoms with Crippen molar-refractivity contribution in [2.75, 3.05) is 0 Å². The van der Waals surface area contributed by atoms with Crippen molar-refractivity contribution in [1.29, 1.82) is 0 Å². The van der Waals surface area contributed by atoms with Crippen molar-refractivity contribution in [3.63, 3.8) is 0 Å². The highest BCUT2D eigenvalue weighted by Gasteiger charge is 2.31. The Morgan fingerprint density at radius 3 is 2.50 bits per heavy atom. The Hall–Kier alpha value is -2.54. The fourth-order valence-electron chi connectivity index (χ4n) is 2.78. The number of thioether (sulfide) groups is 1. The summed E-state index contributed by atoms with van der Waals surface area (Å²) in [4.78, 5) is 16.7. The number of Topliss-reactive ketones (excluding diaryl/α,β-unsaturated/α-hetero) is 1. The second-order valence-corrected chi connectivity index (χ2v) is 7.58. The van der Waals surface area contributed by atoms with Gasteiger partial charge in [-0.05, 0) is 56.2 Å². The largest absolute Gasteiger partial charge is 0.299 e. The lowest BCUT2D eigenvalue weighted by Gasteiger charge is -2.12. The number of hydrogen-bond donors (Lipinski definition) is 0. The van der Waals surface area contributed by atoms with Crippen LogP contribution >= 0.6 is 11.8 Å². The van der Waals surface area contributed by atoms with E-state index in [2.05, 4.69) is 19.7 Å². The van der Waals surface area contributed by atoms with Gasteiger partial charge in [-0.25, -0.2) is 4.39 Å². The Morgan fingerprint density at radius 1 is 1.15 bits per heavy atom. The van der Waals surface area contributed by atoms with E-state index in [1.807, 2.05) is 19.1 Å². The SMILES string of the molecule is C[C@H](Sc1nnc(-c2ccncc2)n1C1CC1)C(=O)c1ccc(F)cc1. The standard InChI is InChI=1S/C19H17FN4OS/c1-12(17(25)13-2-4-15(20)5-3-13)26-19-23-22-18(24(19)16-6-7-16)14-8-10-21-11-9-14/h2-5,8-12,16H,6-7H2,1H3/t12-/m0/s1. The second-order valence-electron chi connectivity index (χ2n) is 6.27. The van der Waals surface area contributed by atoms with Gasteiger partial charge in [0.2, 0.25) is 0 Å². The van der Waals surface area contributed by atoms with Gasteiger partial charge < -0.3 is 0 Å². The molecule has 7 heteroatoms. The van der Waals surface area contributed by atoms with Crippen LogP contribution < -0.4 is 0 Å². The van der Waals surface area contributed by atoms with Crippen LogP contribution in [0.1, 0.15) is 36.2 Å². The van der Waals surface area contributed by atoms with Crippen LogP contribution in [0, 0.1) is 5.82 Å². The molecule has 5 nitrogen and oxygen atoms in total. The minimum atomic E-state index is -0.350. The summed E-state index contributed by atoms with van der Waals surface area (Å²) in [6, 6.07) is 9.83. The molecule has 26 heavy (non-hydrogen) atoms. The summed E-state index contributed by atoms with van der Waals surface area (Å²) in [6.45, 7) is 1.84. The van der Waals surface area contributed by atoms with Crippen molar-refractivity contribution in [2.24, 2.45) is 0 Å². The Kier molecular flexibility index (Phi) is 4.55. The molecular formula is C19H17FN4OS. The molecule has 132 valence electrons. The molecule has 0 unspecified atom stereocenters. The minimum Gasteiger partial charge on any atom is -0.299 e. The molecule has 0 radical (unpaired) electrons. The van der Waals surface area contributed by atoms with Crippen LogP contribution in [0.2, 0.25) is 0 Å². The van der Waals surface area contributed by atoms with E-state index in [1.54, 1.807) is 12.4 Å². The van der Waals surface area contributed by atoms with Crippen LogP contribution in [-0.2, 0) is 0 Å². The van der Waals surface area contributed by atoms with Gasteiger partial charge in [-0.1, -0.05) is 11.8 Å². The van der Waals surface area contributed by atoms with Gasteiger partial charge in [0.1, 0.15) is 5.82 Å². The first kappa shape index (κ1) is 16.9. The minimum absolute atomic E-state index is 0.0502. The zero-order valence-electron chi connectivity index (χ0n) is 14.2. The van der Waals surface area contributed by atoms with E-state index in [1.165, 1.54) is 36.0 Å². The van der Waals surface area contributed by atoms with Gasteiger partial charge in [0.05, 0.1) is 5.25 Å². The number of pyridine rings is 1. The number of carbonyl (C=O) groups is 1. The normalized spacial score (nSPS) is 15.0. The molecule has 1 aromatic carbocycles. The molecule has 0 aliphatic heterocycles. The second kappa shape index (κ2) is 6.99. The maximum Gasteiger partial charge on any atom is 0.192 e. The molecule has 3 aromatic rings. The van der Waals surface area contributed by atoms with Crippen molar-refractivity contribution in [2.45, 2.75) is 36.2 Å². The summed E-state index contributed by atoms with van der Waals surface area (Å²) >= 11 is 1.39. The van der Waals surface area contributed by atoms with E-state index in [0.717, 1.165) is 29.4 Å². The van der Waals surface area contributed by atoms with Crippen LogP contribution in [0.15, 0.2) is 53.9 Å².